The molecule has 55 heavy (non-hydrogen) atoms. The molecule has 12 heteroatoms. The molecule has 12 nitrogen and oxygen atoms in total. The van der Waals surface area contributed by atoms with Gasteiger partial charge in [0, 0.05) is 50.9 Å². The minimum absolute atomic E-state index is 0.0254. The molecule has 3 aliphatic heterocycles. The Morgan fingerprint density at radius 3 is 2.35 bits per heavy atom. The summed E-state index contributed by atoms with van der Waals surface area (Å²) in [4.78, 5) is 69.2. The van der Waals surface area contributed by atoms with Crippen LogP contribution in [0, 0.1) is 35.5 Å². The van der Waals surface area contributed by atoms with Crippen LogP contribution in [-0.2, 0) is 42.9 Å². The summed E-state index contributed by atoms with van der Waals surface area (Å²) < 4.78 is 24.5. The van der Waals surface area contributed by atoms with Crippen LogP contribution in [0.1, 0.15) is 119 Å². The summed E-state index contributed by atoms with van der Waals surface area (Å²) in [7, 11) is 3.08. The second-order valence-corrected chi connectivity index (χ2v) is 17.4. The number of rotatable bonds is 6. The minimum atomic E-state index is -2.52. The second-order valence-electron chi connectivity index (χ2n) is 17.4. The number of aliphatic hydroxyl groups is 2. The predicted molar refractivity (Wildman–Crippen MR) is 205 cm³/mol. The lowest BCUT2D eigenvalue weighted by Gasteiger charge is -2.51. The van der Waals surface area contributed by atoms with E-state index in [0.717, 1.165) is 24.7 Å². The highest BCUT2D eigenvalue weighted by molar-refractivity contribution is 6.39. The van der Waals surface area contributed by atoms with Crippen molar-refractivity contribution in [2.75, 3.05) is 20.8 Å². The van der Waals surface area contributed by atoms with E-state index in [4.69, 9.17) is 18.9 Å². The standard InChI is InChI=1S/C43H67NO11/c1-10-32-18-25(2)17-26(3)19-36(52-8)39-42(7,53-9)23-28(5)43(51,55-39)38(48)40(49)44-16-12-11-13-33(44)41(50)54-37(29(6)34(46)22-35(32)47)27(4)20-30-14-15-31(21-30)24-45/h18,20,24,26,28-34,36-37,39,46,51H,10-17,19,21-23H2,1-9H3/b25-18+,27-20+/t26-,28?,29+,30-,31+,32+,33-,34?,36-,37+,39?,42-,43?/m0/s1. The van der Waals surface area contributed by atoms with Gasteiger partial charge in [0.1, 0.15) is 30.3 Å². The van der Waals surface area contributed by atoms with Crippen molar-refractivity contribution in [2.45, 2.75) is 161 Å². The number of carbonyl (C=O) groups excluding carboxylic acids is 5. The number of ketones is 2. The number of nitrogens with zero attached hydrogens (tertiary/aromatic N) is 1. The number of aldehydes is 1. The third-order valence-corrected chi connectivity index (χ3v) is 13.0. The topological polar surface area (TPSA) is 166 Å². The molecule has 0 aromatic heterocycles. The normalized spacial score (nSPS) is 41.8. The van der Waals surface area contributed by atoms with Crippen molar-refractivity contribution in [3.05, 3.63) is 23.3 Å². The number of hydrogen-bond donors (Lipinski definition) is 2. The fourth-order valence-electron chi connectivity index (χ4n) is 9.53. The summed E-state index contributed by atoms with van der Waals surface area (Å²) >= 11 is 0. The SMILES string of the molecule is CC[C@@H]1/C=C(\C)C[C@H](C)C[C@H](OC)C2OC(O)(C(=O)C(=O)N3CCCC[C@H]3C(=O)O[C@H](/C(C)=C/[C@@H]3CC[C@@H](C=O)C3)[C@H](C)C(O)CC1=O)C(C)C[C@]2(C)OC. The fraction of sp³-hybridized carbons (Fsp3) is 0.791. The predicted octanol–water partition coefficient (Wildman–Crippen LogP) is 5.30. The molecule has 2 bridgehead atoms. The maximum absolute atomic E-state index is 14.3. The molecule has 1 saturated carbocycles. The van der Waals surface area contributed by atoms with Gasteiger partial charge in [0.05, 0.1) is 17.8 Å². The van der Waals surface area contributed by atoms with E-state index in [1.165, 1.54) is 12.0 Å². The Hall–Kier alpha value is -2.77. The lowest BCUT2D eigenvalue weighted by Crippen LogP contribution is -2.67. The van der Waals surface area contributed by atoms with E-state index in [2.05, 4.69) is 6.92 Å². The Morgan fingerprint density at radius 2 is 1.73 bits per heavy atom. The Bertz CT molecular complexity index is 1460. The third kappa shape index (κ3) is 10.2. The molecule has 2 saturated heterocycles. The number of fused-ring (bicyclic) bond motifs is 3. The van der Waals surface area contributed by atoms with Gasteiger partial charge in [-0.05, 0) is 102 Å². The number of cyclic esters (lactones) is 1. The molecule has 3 heterocycles. The number of methoxy groups -OCH3 is 2. The van der Waals surface area contributed by atoms with Crippen LogP contribution in [0.2, 0.25) is 0 Å². The molecule has 4 rings (SSSR count). The number of ether oxygens (including phenoxy) is 4. The first-order valence-electron chi connectivity index (χ1n) is 20.5. The Balaban J connectivity index is 1.78. The van der Waals surface area contributed by atoms with Gasteiger partial charge in [0.2, 0.25) is 5.79 Å². The summed E-state index contributed by atoms with van der Waals surface area (Å²) in [6.07, 6.45) is 6.55. The van der Waals surface area contributed by atoms with Crippen LogP contribution < -0.4 is 0 Å². The smallest absolute Gasteiger partial charge is 0.329 e. The number of amides is 1. The molecule has 4 aliphatic rings. The molecule has 0 aromatic carbocycles. The number of hydrogen-bond acceptors (Lipinski definition) is 11. The first-order chi connectivity index (χ1) is 25.9. The lowest BCUT2D eigenvalue weighted by molar-refractivity contribution is -0.324. The van der Waals surface area contributed by atoms with Crippen LogP contribution >= 0.6 is 0 Å². The first-order valence-corrected chi connectivity index (χ1v) is 20.5. The van der Waals surface area contributed by atoms with Gasteiger partial charge in [-0.3, -0.25) is 14.4 Å². The van der Waals surface area contributed by atoms with Gasteiger partial charge in [-0.15, -0.1) is 0 Å². The molecule has 4 unspecified atom stereocenters. The molecule has 310 valence electrons. The van der Waals surface area contributed by atoms with Crippen LogP contribution in [0.25, 0.3) is 0 Å². The quantitative estimate of drug-likeness (QED) is 0.156. The van der Waals surface area contributed by atoms with E-state index in [1.807, 2.05) is 39.8 Å². The summed E-state index contributed by atoms with van der Waals surface area (Å²) in [5.41, 5.74) is 0.702. The number of allylic oxidation sites excluding steroid dienone is 3. The van der Waals surface area contributed by atoms with Crippen molar-refractivity contribution >= 4 is 29.7 Å². The summed E-state index contributed by atoms with van der Waals surface area (Å²) in [6, 6.07) is -1.13. The molecule has 0 aromatic rings. The van der Waals surface area contributed by atoms with Gasteiger partial charge >= 0.3 is 5.97 Å². The molecule has 0 spiro atoms. The number of piperidine rings is 1. The van der Waals surface area contributed by atoms with Crippen molar-refractivity contribution in [1.29, 1.82) is 0 Å². The van der Waals surface area contributed by atoms with E-state index in [9.17, 15) is 34.2 Å². The zero-order valence-corrected chi connectivity index (χ0v) is 34.6. The average Bonchev–Trinajstić information content (AvgIpc) is 3.62. The number of Topliss-reactive ketones (excluding diaryl/α,β-unsaturated/α-hetero) is 2. The van der Waals surface area contributed by atoms with Crippen LogP contribution in [0.5, 0.6) is 0 Å². The van der Waals surface area contributed by atoms with Crippen molar-refractivity contribution in [1.82, 2.24) is 4.90 Å². The highest BCUT2D eigenvalue weighted by atomic mass is 16.7. The van der Waals surface area contributed by atoms with Crippen molar-refractivity contribution in [2.24, 2.45) is 35.5 Å². The Morgan fingerprint density at radius 1 is 1.04 bits per heavy atom. The van der Waals surface area contributed by atoms with Gasteiger partial charge in [0.15, 0.2) is 0 Å². The average molecular weight is 774 g/mol. The molecular formula is C43H67NO11. The van der Waals surface area contributed by atoms with Gasteiger partial charge in [0.25, 0.3) is 11.7 Å². The van der Waals surface area contributed by atoms with E-state index < -0.39 is 77.3 Å². The van der Waals surface area contributed by atoms with E-state index in [0.29, 0.717) is 44.1 Å². The number of esters is 1. The molecule has 3 fully saturated rings. The fourth-order valence-corrected chi connectivity index (χ4v) is 9.53. The maximum atomic E-state index is 14.3. The molecule has 2 N–H and O–H groups in total. The van der Waals surface area contributed by atoms with Gasteiger partial charge < -0.3 is 38.9 Å². The van der Waals surface area contributed by atoms with E-state index in [1.54, 1.807) is 21.0 Å². The molecular weight excluding hydrogens is 706 g/mol. The largest absolute Gasteiger partial charge is 0.456 e. The van der Waals surface area contributed by atoms with Crippen molar-refractivity contribution in [3.63, 3.8) is 0 Å². The molecule has 0 radical (unpaired) electrons. The van der Waals surface area contributed by atoms with Gasteiger partial charge in [-0.2, -0.15) is 0 Å². The minimum Gasteiger partial charge on any atom is -0.456 e. The lowest BCUT2D eigenvalue weighted by atomic mass is 9.75. The highest BCUT2D eigenvalue weighted by Gasteiger charge is 2.60. The second kappa shape index (κ2) is 19.1. The van der Waals surface area contributed by atoms with Crippen LogP contribution in [0.4, 0.5) is 0 Å². The highest BCUT2D eigenvalue weighted by Crippen LogP contribution is 2.44. The molecule has 1 amide bonds. The van der Waals surface area contributed by atoms with E-state index in [-0.39, 0.29) is 49.3 Å². The van der Waals surface area contributed by atoms with Gasteiger partial charge in [-0.1, -0.05) is 45.4 Å². The molecule has 13 atom stereocenters. The summed E-state index contributed by atoms with van der Waals surface area (Å²) in [5, 5.41) is 23.7. The summed E-state index contributed by atoms with van der Waals surface area (Å²) in [5.74, 6) is -7.49. The Labute approximate surface area is 327 Å². The van der Waals surface area contributed by atoms with E-state index >= 15 is 0 Å². The molecule has 1 aliphatic carbocycles. The zero-order valence-electron chi connectivity index (χ0n) is 34.6. The zero-order chi connectivity index (χ0) is 40.8. The number of carbonyl (C=O) groups is 5. The third-order valence-electron chi connectivity index (χ3n) is 13.0. The van der Waals surface area contributed by atoms with Crippen LogP contribution in [0.3, 0.4) is 0 Å². The maximum Gasteiger partial charge on any atom is 0.329 e. The monoisotopic (exact) mass is 773 g/mol. The Kier molecular flexibility index (Phi) is 15.6. The van der Waals surface area contributed by atoms with Crippen LogP contribution in [0.15, 0.2) is 23.3 Å². The van der Waals surface area contributed by atoms with Crippen molar-refractivity contribution < 1.29 is 53.1 Å². The van der Waals surface area contributed by atoms with Crippen molar-refractivity contribution in [3.8, 4) is 0 Å². The number of aliphatic hydroxyl groups excluding tert-OH is 1. The van der Waals surface area contributed by atoms with Crippen LogP contribution in [-0.4, -0.2) is 107 Å². The first kappa shape index (κ1) is 44.9. The summed E-state index contributed by atoms with van der Waals surface area (Å²) in [6.45, 7) is 13.1. The van der Waals surface area contributed by atoms with Gasteiger partial charge in [-0.25, -0.2) is 4.79 Å².